The minimum Gasteiger partial charge on any atom is -0.101 e. The van der Waals surface area contributed by atoms with Crippen molar-refractivity contribution in [3.05, 3.63) is 0 Å². The lowest BCUT2D eigenvalue weighted by Gasteiger charge is -2.05. The van der Waals surface area contributed by atoms with Crippen molar-refractivity contribution in [2.75, 3.05) is 0 Å². The normalized spacial score (nSPS) is 15.0. The first-order chi connectivity index (χ1) is 3.18. The van der Waals surface area contributed by atoms with Crippen molar-refractivity contribution in [3.63, 3.8) is 0 Å². The molecule has 0 N–H and O–H groups in total. The zero-order valence-electron chi connectivity index (χ0n) is 4.49. The van der Waals surface area contributed by atoms with Crippen molar-refractivity contribution in [1.82, 2.24) is 5.34 Å². The van der Waals surface area contributed by atoms with E-state index in [1.165, 1.54) is 6.92 Å². The molecule has 0 heterocycles. The van der Waals surface area contributed by atoms with Gasteiger partial charge in [-0.05, 0) is 13.3 Å². The van der Waals surface area contributed by atoms with Crippen LogP contribution >= 0.6 is 0 Å². The summed E-state index contributed by atoms with van der Waals surface area (Å²) in [7, 11) is 0. The molecule has 0 spiro atoms. The van der Waals surface area contributed by atoms with E-state index >= 15 is 0 Å². The van der Waals surface area contributed by atoms with Gasteiger partial charge < -0.3 is 0 Å². The molecule has 3 heteroatoms. The van der Waals surface area contributed by atoms with Crippen LogP contribution in [0.2, 0.25) is 0 Å². The van der Waals surface area contributed by atoms with Crippen LogP contribution in [0.4, 0.5) is 8.96 Å². The molecule has 0 aliphatic carbocycles. The number of hydrogen-bond acceptors (Lipinski definition) is 1. The Balaban J connectivity index is 3.14. The molecule has 0 aromatic carbocycles. The Morgan fingerprint density at radius 1 is 1.57 bits per heavy atom. The van der Waals surface area contributed by atoms with Crippen LogP contribution in [0.3, 0.4) is 0 Å². The minimum atomic E-state index is -0.778. The lowest BCUT2D eigenvalue weighted by Crippen LogP contribution is -2.14. The molecule has 0 amide bonds. The molecule has 0 aromatic rings. The quantitative estimate of drug-likeness (QED) is 0.489. The van der Waals surface area contributed by atoms with Crippen molar-refractivity contribution in [1.29, 1.82) is 0 Å². The van der Waals surface area contributed by atoms with Crippen molar-refractivity contribution >= 4 is 0 Å². The summed E-state index contributed by atoms with van der Waals surface area (Å²) in [6.45, 7) is 3.19. The molecule has 1 unspecified atom stereocenters. The van der Waals surface area contributed by atoms with Gasteiger partial charge in [-0.2, -0.15) is 0 Å². The first-order valence-electron chi connectivity index (χ1n) is 2.29. The summed E-state index contributed by atoms with van der Waals surface area (Å²) in [5.41, 5.74) is 0. The molecule has 0 radical (unpaired) electrons. The van der Waals surface area contributed by atoms with Crippen LogP contribution in [0, 0.1) is 0 Å². The van der Waals surface area contributed by atoms with E-state index < -0.39 is 11.4 Å². The van der Waals surface area contributed by atoms with Gasteiger partial charge in [-0.1, -0.05) is 6.92 Å². The lowest BCUT2D eigenvalue weighted by atomic mass is 10.3. The predicted octanol–water partition coefficient (Wildman–Crippen LogP) is 1.86. The molecule has 0 aliphatic heterocycles. The number of hydrogen-bond donors (Lipinski definition) is 0. The molecule has 0 bridgehead atoms. The highest BCUT2D eigenvalue weighted by Gasteiger charge is 2.06. The highest BCUT2D eigenvalue weighted by molar-refractivity contribution is 4.45. The fourth-order valence-electron chi connectivity index (χ4n) is 0.138. The molecule has 0 aliphatic rings. The Kier molecular flexibility index (Phi) is 2.83. The third-order valence-corrected chi connectivity index (χ3v) is 0.924. The van der Waals surface area contributed by atoms with E-state index in [-0.39, 0.29) is 0 Å². The highest BCUT2D eigenvalue weighted by Crippen LogP contribution is 2.02. The van der Waals surface area contributed by atoms with Gasteiger partial charge in [0.05, 0.1) is 6.04 Å². The van der Waals surface area contributed by atoms with E-state index in [1.54, 1.807) is 6.92 Å². The van der Waals surface area contributed by atoms with Gasteiger partial charge in [0.2, 0.25) is 0 Å². The largest absolute Gasteiger partial charge is 0.101 e. The smallest absolute Gasteiger partial charge is 0.0699 e. The summed E-state index contributed by atoms with van der Waals surface area (Å²) >= 11 is 0. The summed E-state index contributed by atoms with van der Waals surface area (Å²) in [4.78, 5) is 0. The van der Waals surface area contributed by atoms with Crippen LogP contribution in [0.15, 0.2) is 0 Å². The van der Waals surface area contributed by atoms with E-state index in [0.717, 1.165) is 0 Å². The van der Waals surface area contributed by atoms with E-state index in [1.807, 2.05) is 0 Å². The molecule has 1 atom stereocenters. The zero-order valence-corrected chi connectivity index (χ0v) is 4.49. The van der Waals surface area contributed by atoms with Crippen LogP contribution in [-0.2, 0) is 0 Å². The molecule has 44 valence electrons. The van der Waals surface area contributed by atoms with Gasteiger partial charge in [-0.15, -0.1) is 8.96 Å². The first-order valence-corrected chi connectivity index (χ1v) is 2.29. The molecular weight excluding hydrogens is 100 g/mol. The fraction of sp³-hybridized carbons (Fsp3) is 1.00. The number of halogens is 2. The third-order valence-electron chi connectivity index (χ3n) is 0.924. The van der Waals surface area contributed by atoms with Crippen LogP contribution in [0.25, 0.3) is 0 Å². The highest BCUT2D eigenvalue weighted by atomic mass is 19.4. The molecule has 1 nitrogen and oxygen atoms in total. The van der Waals surface area contributed by atoms with Crippen LogP contribution in [0.5, 0.6) is 0 Å². The van der Waals surface area contributed by atoms with Crippen molar-refractivity contribution in [2.45, 2.75) is 26.3 Å². The van der Waals surface area contributed by atoms with Gasteiger partial charge in [0.25, 0.3) is 0 Å². The third kappa shape index (κ3) is 2.51. The van der Waals surface area contributed by atoms with Gasteiger partial charge in [0.15, 0.2) is 0 Å². The minimum absolute atomic E-state index is 0.493. The molecule has 0 saturated carbocycles. The van der Waals surface area contributed by atoms with Gasteiger partial charge in [-0.3, -0.25) is 0 Å². The maximum atomic E-state index is 11.3. The molecule has 0 aromatic heterocycles. The van der Waals surface area contributed by atoms with Gasteiger partial charge in [0, 0.05) is 5.34 Å². The predicted molar refractivity (Wildman–Crippen MR) is 23.8 cm³/mol. The second-order valence-electron chi connectivity index (χ2n) is 1.52. The van der Waals surface area contributed by atoms with Gasteiger partial charge >= 0.3 is 0 Å². The van der Waals surface area contributed by atoms with Gasteiger partial charge in [0.1, 0.15) is 0 Å². The summed E-state index contributed by atoms with van der Waals surface area (Å²) in [6, 6.07) is -0.597. The molecule has 0 rings (SSSR count). The standard InChI is InChI=1S/C4H9F2N/c1-3-4(2)7(5)6/h4H,3H2,1-2H3. The summed E-state index contributed by atoms with van der Waals surface area (Å²) in [5, 5.41) is -0.778. The van der Waals surface area contributed by atoms with Gasteiger partial charge in [-0.25, -0.2) is 0 Å². The molecular formula is C4H9F2N. The maximum Gasteiger partial charge on any atom is 0.0699 e. The zero-order chi connectivity index (χ0) is 5.86. The Morgan fingerprint density at radius 3 is 2.00 bits per heavy atom. The summed E-state index contributed by atoms with van der Waals surface area (Å²) in [5.74, 6) is 0. The number of nitrogens with zero attached hydrogens (tertiary/aromatic N) is 1. The SMILES string of the molecule is CCC(C)N(F)F. The van der Waals surface area contributed by atoms with Crippen LogP contribution < -0.4 is 0 Å². The average molecular weight is 109 g/mol. The monoisotopic (exact) mass is 109 g/mol. The second kappa shape index (κ2) is 2.91. The fourth-order valence-corrected chi connectivity index (χ4v) is 0.138. The average Bonchev–Trinajstić information content (AvgIpc) is 1.65. The molecule has 0 saturated heterocycles. The van der Waals surface area contributed by atoms with Crippen molar-refractivity contribution < 1.29 is 8.96 Å². The molecule has 7 heavy (non-hydrogen) atoms. The number of rotatable bonds is 2. The van der Waals surface area contributed by atoms with Crippen LogP contribution in [0.1, 0.15) is 20.3 Å². The van der Waals surface area contributed by atoms with E-state index in [4.69, 9.17) is 0 Å². The first kappa shape index (κ1) is 6.82. The van der Waals surface area contributed by atoms with E-state index in [2.05, 4.69) is 0 Å². The van der Waals surface area contributed by atoms with Crippen molar-refractivity contribution in [2.24, 2.45) is 0 Å². The van der Waals surface area contributed by atoms with E-state index in [9.17, 15) is 8.96 Å². The topological polar surface area (TPSA) is 3.24 Å². The second-order valence-corrected chi connectivity index (χ2v) is 1.52. The van der Waals surface area contributed by atoms with Crippen molar-refractivity contribution in [3.8, 4) is 0 Å². The van der Waals surface area contributed by atoms with E-state index in [0.29, 0.717) is 6.42 Å². The Bertz CT molecular complexity index is 47.0. The lowest BCUT2D eigenvalue weighted by molar-refractivity contribution is -0.183. The Morgan fingerprint density at radius 2 is 2.00 bits per heavy atom. The summed E-state index contributed by atoms with van der Waals surface area (Å²) < 4.78 is 22.5. The Labute approximate surface area is 41.8 Å². The Hall–Kier alpha value is -0.180. The molecule has 0 fully saturated rings. The van der Waals surface area contributed by atoms with Crippen LogP contribution in [-0.4, -0.2) is 11.4 Å². The maximum absolute atomic E-state index is 11.3. The summed E-state index contributed by atoms with van der Waals surface area (Å²) in [6.07, 6.45) is 0.493.